The van der Waals surface area contributed by atoms with Crippen LogP contribution in [-0.4, -0.2) is 22.7 Å². The number of carbonyl (C=O) groups is 1. The lowest BCUT2D eigenvalue weighted by Crippen LogP contribution is -2.35. The van der Waals surface area contributed by atoms with Gasteiger partial charge in [-0.05, 0) is 18.1 Å². The molecule has 1 aliphatic rings. The molecule has 1 aliphatic heterocycles. The monoisotopic (exact) mass is 460 g/mol. The number of nitrogens with zero attached hydrogens (tertiary/aromatic N) is 2. The van der Waals surface area contributed by atoms with Crippen molar-refractivity contribution < 1.29 is 14.3 Å². The number of amidine groups is 2. The normalized spacial score (nSPS) is 12.3. The first kappa shape index (κ1) is 24.2. The molecule has 4 rings (SSSR count). The second-order valence-corrected chi connectivity index (χ2v) is 7.69. The third-order valence-corrected chi connectivity index (χ3v) is 5.40. The second-order valence-electron chi connectivity index (χ2n) is 7.69. The van der Waals surface area contributed by atoms with Crippen molar-refractivity contribution in [3.8, 4) is 5.75 Å². The van der Waals surface area contributed by atoms with E-state index >= 15 is 0 Å². The Morgan fingerprint density at radius 3 is 2.15 bits per heavy atom. The Labute approximate surface area is 198 Å². The van der Waals surface area contributed by atoms with Crippen molar-refractivity contribution in [1.82, 2.24) is 4.98 Å². The Morgan fingerprint density at radius 2 is 1.59 bits per heavy atom. The van der Waals surface area contributed by atoms with Gasteiger partial charge in [0.15, 0.2) is 0 Å². The summed E-state index contributed by atoms with van der Waals surface area (Å²) in [6.45, 7) is 2.50. The second kappa shape index (κ2) is 10.0. The minimum Gasteiger partial charge on any atom is -0.486 e. The van der Waals surface area contributed by atoms with E-state index in [1.54, 1.807) is 30.5 Å². The molecule has 0 aliphatic carbocycles. The van der Waals surface area contributed by atoms with Gasteiger partial charge >= 0.3 is 6.09 Å². The summed E-state index contributed by atoms with van der Waals surface area (Å²) >= 11 is 0. The lowest BCUT2D eigenvalue weighted by atomic mass is 10.1. The summed E-state index contributed by atoms with van der Waals surface area (Å²) in [5.41, 5.74) is 16.1. The molecule has 1 amide bonds. The number of rotatable bonds is 7. The lowest BCUT2D eigenvalue weighted by Gasteiger charge is -2.30. The van der Waals surface area contributed by atoms with Crippen LogP contribution in [-0.2, 0) is 24.5 Å². The van der Waals surface area contributed by atoms with E-state index in [1.807, 2.05) is 31.2 Å². The summed E-state index contributed by atoms with van der Waals surface area (Å²) in [5, 5.41) is 15.0. The molecule has 2 aromatic carbocycles. The van der Waals surface area contributed by atoms with Gasteiger partial charge in [-0.2, -0.15) is 0 Å². The Balaban J connectivity index is 0.00000324. The molecule has 6 N–H and O–H groups in total. The maximum absolute atomic E-state index is 12.6. The number of fused-ring (bicyclic) bond motifs is 1. The fourth-order valence-corrected chi connectivity index (χ4v) is 3.56. The highest BCUT2D eigenvalue weighted by Crippen LogP contribution is 2.36. The summed E-state index contributed by atoms with van der Waals surface area (Å²) in [4.78, 5) is 18.5. The number of nitrogens with one attached hydrogen (secondary N) is 2. The summed E-state index contributed by atoms with van der Waals surface area (Å²) < 4.78 is 11.5. The summed E-state index contributed by atoms with van der Waals surface area (Å²) in [7, 11) is 0. The molecule has 2 heterocycles. The Bertz CT molecular complexity index is 1220. The largest absolute Gasteiger partial charge is 0.486 e. The molecule has 0 saturated carbocycles. The molecule has 0 atom stereocenters. The molecule has 0 bridgehead atoms. The zero-order valence-corrected chi connectivity index (χ0v) is 18.1. The molecular formula is C25H28N6O3. The van der Waals surface area contributed by atoms with E-state index in [0.717, 1.165) is 16.7 Å². The zero-order valence-electron chi connectivity index (χ0n) is 18.1. The van der Waals surface area contributed by atoms with Crippen molar-refractivity contribution >= 4 is 23.5 Å². The number of pyridine rings is 1. The maximum atomic E-state index is 12.6. The molecule has 9 heteroatoms. The first-order valence-corrected chi connectivity index (χ1v) is 10.3. The van der Waals surface area contributed by atoms with Crippen LogP contribution >= 0.6 is 0 Å². The number of aryl methyl sites for hydroxylation is 1. The molecule has 176 valence electrons. The van der Waals surface area contributed by atoms with Crippen molar-refractivity contribution in [2.45, 2.75) is 34.1 Å². The fraction of sp³-hybridized carbons (Fsp3) is 0.200. The molecule has 0 saturated heterocycles. The number of carbonyl (C=O) groups excluding carboxylic acids is 1. The van der Waals surface area contributed by atoms with Crippen LogP contribution in [0.3, 0.4) is 0 Å². The van der Waals surface area contributed by atoms with Crippen molar-refractivity contribution in [1.29, 1.82) is 10.8 Å². The molecule has 34 heavy (non-hydrogen) atoms. The highest BCUT2D eigenvalue weighted by Gasteiger charge is 2.30. The number of amides is 1. The van der Waals surface area contributed by atoms with E-state index in [4.69, 9.17) is 31.8 Å². The van der Waals surface area contributed by atoms with Gasteiger partial charge in [0.05, 0.1) is 29.7 Å². The van der Waals surface area contributed by atoms with Gasteiger partial charge in [0.2, 0.25) is 0 Å². The van der Waals surface area contributed by atoms with Crippen LogP contribution in [0.2, 0.25) is 0 Å². The number of benzene rings is 2. The average Bonchev–Trinajstić information content (AvgIpc) is 2.80. The van der Waals surface area contributed by atoms with Gasteiger partial charge < -0.3 is 20.9 Å². The molecule has 0 fully saturated rings. The number of anilines is 1. The Kier molecular flexibility index (Phi) is 7.15. The van der Waals surface area contributed by atoms with Gasteiger partial charge in [-0.1, -0.05) is 56.0 Å². The number of cyclic esters (lactones) is 1. The lowest BCUT2D eigenvalue weighted by molar-refractivity contribution is 0.139. The third-order valence-electron chi connectivity index (χ3n) is 5.40. The molecule has 9 nitrogen and oxygen atoms in total. The van der Waals surface area contributed by atoms with Gasteiger partial charge in [0, 0.05) is 11.1 Å². The van der Waals surface area contributed by atoms with Crippen LogP contribution in [0.4, 0.5) is 10.5 Å². The summed E-state index contributed by atoms with van der Waals surface area (Å²) in [5.74, 6) is 0.576. The molecule has 0 unspecified atom stereocenters. The maximum Gasteiger partial charge on any atom is 0.414 e. The van der Waals surface area contributed by atoms with Gasteiger partial charge in [-0.25, -0.2) is 4.79 Å². The summed E-state index contributed by atoms with van der Waals surface area (Å²) in [6, 6.07) is 14.4. The molecule has 0 radical (unpaired) electrons. The van der Waals surface area contributed by atoms with Gasteiger partial charge in [0.1, 0.15) is 30.6 Å². The van der Waals surface area contributed by atoms with E-state index in [0.29, 0.717) is 28.3 Å². The number of nitrogen functional groups attached to an aromatic ring is 2. The Morgan fingerprint density at radius 1 is 1.03 bits per heavy atom. The smallest absolute Gasteiger partial charge is 0.414 e. The number of aromatic nitrogens is 1. The third kappa shape index (κ3) is 4.98. The van der Waals surface area contributed by atoms with E-state index < -0.39 is 6.09 Å². The average molecular weight is 461 g/mol. The zero-order chi connectivity index (χ0) is 23.5. The van der Waals surface area contributed by atoms with Gasteiger partial charge in [-0.15, -0.1) is 0 Å². The van der Waals surface area contributed by atoms with E-state index in [2.05, 4.69) is 4.98 Å². The van der Waals surface area contributed by atoms with Gasteiger partial charge in [-0.3, -0.25) is 20.7 Å². The van der Waals surface area contributed by atoms with Crippen molar-refractivity contribution in [2.75, 3.05) is 4.90 Å². The van der Waals surface area contributed by atoms with Crippen molar-refractivity contribution in [3.63, 3.8) is 0 Å². The summed E-state index contributed by atoms with van der Waals surface area (Å²) in [6.07, 6.45) is 1.19. The van der Waals surface area contributed by atoms with Crippen LogP contribution in [0.1, 0.15) is 40.9 Å². The quantitative estimate of drug-likeness (QED) is 0.311. The standard InChI is InChI=1S/C24H24N6O3.CH4/c1-14-21(32-12-16-4-8-18(9-5-16)23(27)28)19-13-33-24(31)30(20(19)10-29-14)11-15-2-6-17(7-3-15)22(25)26;/h2-10H,11-13H2,1H3,(H3,25,26)(H3,27,28);1H4. The molecule has 1 aromatic heterocycles. The van der Waals surface area contributed by atoms with E-state index in [1.165, 1.54) is 4.90 Å². The number of ether oxygens (including phenoxy) is 2. The van der Waals surface area contributed by atoms with Gasteiger partial charge in [0.25, 0.3) is 0 Å². The van der Waals surface area contributed by atoms with Crippen LogP contribution in [0, 0.1) is 17.7 Å². The minimum atomic E-state index is -0.463. The highest BCUT2D eigenvalue weighted by atomic mass is 16.6. The first-order valence-electron chi connectivity index (χ1n) is 10.3. The van der Waals surface area contributed by atoms with E-state index in [9.17, 15) is 4.79 Å². The van der Waals surface area contributed by atoms with Crippen LogP contribution in [0.25, 0.3) is 0 Å². The topological polar surface area (TPSA) is 151 Å². The predicted molar refractivity (Wildman–Crippen MR) is 131 cm³/mol. The number of nitrogens with two attached hydrogens (primary N) is 2. The number of hydrogen-bond acceptors (Lipinski definition) is 6. The minimum absolute atomic E-state index is 0. The first-order chi connectivity index (χ1) is 15.8. The van der Waals surface area contributed by atoms with Crippen molar-refractivity contribution in [2.24, 2.45) is 11.5 Å². The van der Waals surface area contributed by atoms with Crippen LogP contribution in [0.15, 0.2) is 54.7 Å². The van der Waals surface area contributed by atoms with Crippen LogP contribution < -0.4 is 21.1 Å². The molecular weight excluding hydrogens is 432 g/mol. The Hall–Kier alpha value is -4.40. The molecule has 0 spiro atoms. The fourth-order valence-electron chi connectivity index (χ4n) is 3.56. The predicted octanol–water partition coefficient (Wildman–Crippen LogP) is 3.83. The molecule has 3 aromatic rings. The highest BCUT2D eigenvalue weighted by molar-refractivity contribution is 5.95. The van der Waals surface area contributed by atoms with Crippen molar-refractivity contribution in [3.05, 3.63) is 88.2 Å². The van der Waals surface area contributed by atoms with E-state index in [-0.39, 0.29) is 38.9 Å². The van der Waals surface area contributed by atoms with Crippen LogP contribution in [0.5, 0.6) is 5.75 Å². The SMILES string of the molecule is C.Cc1ncc2c(c1OCc1ccc(C(=N)N)cc1)COC(=O)N2Cc1ccc(C(=N)N)cc1. The number of hydrogen-bond donors (Lipinski definition) is 4.